The highest BCUT2D eigenvalue weighted by Crippen LogP contribution is 2.50. The summed E-state index contributed by atoms with van der Waals surface area (Å²) in [5.74, 6) is 0.430. The Balaban J connectivity index is 1.85. The molecule has 0 radical (unpaired) electrons. The third-order valence-electron chi connectivity index (χ3n) is 7.76. The first-order valence-electron chi connectivity index (χ1n) is 13.0. The first-order chi connectivity index (χ1) is 16.9. The van der Waals surface area contributed by atoms with Crippen molar-refractivity contribution in [1.82, 2.24) is 0 Å². The Hall–Kier alpha value is -2.64. The van der Waals surface area contributed by atoms with Crippen LogP contribution >= 0.6 is 15.9 Å². The Kier molecular flexibility index (Phi) is 6.28. The molecule has 1 aliphatic carbocycles. The molecule has 0 atom stereocenters. The maximum atomic E-state index is 3.65. The van der Waals surface area contributed by atoms with Crippen LogP contribution in [0.4, 0.5) is 0 Å². The second-order valence-corrected chi connectivity index (χ2v) is 13.4. The zero-order valence-corrected chi connectivity index (χ0v) is 24.2. The topological polar surface area (TPSA) is 0 Å². The van der Waals surface area contributed by atoms with Crippen LogP contribution in [0.2, 0.25) is 0 Å². The van der Waals surface area contributed by atoms with E-state index < -0.39 is 0 Å². The van der Waals surface area contributed by atoms with Crippen molar-refractivity contribution in [2.24, 2.45) is 0 Å². The monoisotopic (exact) mass is 536 g/mol. The van der Waals surface area contributed by atoms with Gasteiger partial charge in [-0.2, -0.15) is 0 Å². The van der Waals surface area contributed by atoms with E-state index in [4.69, 9.17) is 0 Å². The summed E-state index contributed by atoms with van der Waals surface area (Å²) in [7, 11) is 0. The van der Waals surface area contributed by atoms with Crippen molar-refractivity contribution in [2.75, 3.05) is 0 Å². The van der Waals surface area contributed by atoms with E-state index in [9.17, 15) is 0 Å². The number of benzene rings is 4. The largest absolute Gasteiger partial charge is 0.0590 e. The SMILES string of the molecule is Cc1ccc(C2c3ccc(C(C)(C)C)cc3C(c3ccc(Br)cc3)c3cc(C(C)(C)C)ccc32)cc1. The summed E-state index contributed by atoms with van der Waals surface area (Å²) >= 11 is 3.65. The molecule has 5 rings (SSSR count). The molecule has 0 nitrogen and oxygen atoms in total. The maximum Gasteiger partial charge on any atom is 0.0346 e. The minimum atomic E-state index is 0.0895. The second kappa shape index (κ2) is 9.03. The Labute approximate surface area is 225 Å². The first-order valence-corrected chi connectivity index (χ1v) is 13.8. The quantitative estimate of drug-likeness (QED) is 0.210. The molecule has 0 saturated carbocycles. The van der Waals surface area contributed by atoms with Crippen molar-refractivity contribution in [3.63, 3.8) is 0 Å². The normalized spacial score (nSPS) is 17.4. The van der Waals surface area contributed by atoms with Gasteiger partial charge in [0.05, 0.1) is 0 Å². The summed E-state index contributed by atoms with van der Waals surface area (Å²) in [6.45, 7) is 16.1. The molecule has 0 heterocycles. The van der Waals surface area contributed by atoms with Crippen LogP contribution in [0.15, 0.2) is 89.4 Å². The molecule has 0 aliphatic heterocycles. The van der Waals surface area contributed by atoms with E-state index >= 15 is 0 Å². The van der Waals surface area contributed by atoms with Crippen LogP contribution in [0, 0.1) is 6.92 Å². The van der Waals surface area contributed by atoms with Crippen molar-refractivity contribution in [3.8, 4) is 0 Å². The lowest BCUT2D eigenvalue weighted by Crippen LogP contribution is -2.23. The molecule has 1 aliphatic rings. The van der Waals surface area contributed by atoms with Crippen LogP contribution in [0.25, 0.3) is 0 Å². The summed E-state index contributed by atoms with van der Waals surface area (Å²) < 4.78 is 1.12. The number of fused-ring (bicyclic) bond motifs is 2. The fraction of sp³-hybridized carbons (Fsp3) is 0.314. The van der Waals surface area contributed by atoms with Crippen LogP contribution in [0.1, 0.15) is 103 Å². The van der Waals surface area contributed by atoms with Gasteiger partial charge < -0.3 is 0 Å². The van der Waals surface area contributed by atoms with Crippen molar-refractivity contribution in [1.29, 1.82) is 0 Å². The van der Waals surface area contributed by atoms with Crippen molar-refractivity contribution in [3.05, 3.63) is 139 Å². The molecule has 0 bridgehead atoms. The standard InChI is InChI=1S/C35H37Br/c1-22-8-10-23(11-9-22)32-28-18-14-25(34(2,3)4)20-30(28)33(24-12-16-27(36)17-13-24)31-21-26(35(5,6)7)15-19-29(31)32/h8-21,32-33H,1-7H3. The Morgan fingerprint density at radius 3 is 1.31 bits per heavy atom. The highest BCUT2D eigenvalue weighted by molar-refractivity contribution is 9.10. The average Bonchev–Trinajstić information content (AvgIpc) is 2.82. The summed E-state index contributed by atoms with van der Waals surface area (Å²) in [5, 5.41) is 0. The van der Waals surface area contributed by atoms with Crippen molar-refractivity contribution >= 4 is 15.9 Å². The zero-order chi connectivity index (χ0) is 25.8. The van der Waals surface area contributed by atoms with Gasteiger partial charge in [-0.1, -0.05) is 136 Å². The Morgan fingerprint density at radius 1 is 0.500 bits per heavy atom. The van der Waals surface area contributed by atoms with Gasteiger partial charge in [0.15, 0.2) is 0 Å². The van der Waals surface area contributed by atoms with E-state index in [0.29, 0.717) is 0 Å². The Morgan fingerprint density at radius 2 is 0.889 bits per heavy atom. The van der Waals surface area contributed by atoms with E-state index in [1.54, 1.807) is 0 Å². The minimum Gasteiger partial charge on any atom is -0.0590 e. The summed E-state index contributed by atoms with van der Waals surface area (Å²) in [6, 6.07) is 32.6. The summed E-state index contributed by atoms with van der Waals surface area (Å²) in [6.07, 6.45) is 0. The smallest absolute Gasteiger partial charge is 0.0346 e. The third-order valence-corrected chi connectivity index (χ3v) is 8.29. The van der Waals surface area contributed by atoms with Gasteiger partial charge in [0.1, 0.15) is 0 Å². The van der Waals surface area contributed by atoms with Gasteiger partial charge in [0.25, 0.3) is 0 Å². The Bertz CT molecular complexity index is 1330. The van der Waals surface area contributed by atoms with Gasteiger partial charge in [-0.05, 0) is 74.4 Å². The molecule has 0 spiro atoms. The van der Waals surface area contributed by atoms with Gasteiger partial charge in [0.2, 0.25) is 0 Å². The molecule has 0 unspecified atom stereocenters. The second-order valence-electron chi connectivity index (χ2n) is 12.5. The van der Waals surface area contributed by atoms with Crippen LogP contribution < -0.4 is 0 Å². The molecule has 0 saturated heterocycles. The molecular formula is C35H37Br. The number of aryl methyl sites for hydroxylation is 1. The van der Waals surface area contributed by atoms with Gasteiger partial charge in [0, 0.05) is 16.3 Å². The van der Waals surface area contributed by atoms with Gasteiger partial charge >= 0.3 is 0 Å². The summed E-state index contributed by atoms with van der Waals surface area (Å²) in [4.78, 5) is 0. The van der Waals surface area contributed by atoms with E-state index in [-0.39, 0.29) is 22.7 Å². The van der Waals surface area contributed by atoms with E-state index in [1.807, 2.05) is 0 Å². The number of halogens is 1. The van der Waals surface area contributed by atoms with E-state index in [0.717, 1.165) is 4.47 Å². The zero-order valence-electron chi connectivity index (χ0n) is 22.6. The molecule has 0 aromatic heterocycles. The summed E-state index contributed by atoms with van der Waals surface area (Å²) in [5.41, 5.74) is 12.7. The van der Waals surface area contributed by atoms with Gasteiger partial charge in [-0.15, -0.1) is 0 Å². The molecule has 4 aromatic rings. The molecule has 1 heteroatoms. The lowest BCUT2D eigenvalue weighted by Gasteiger charge is -2.37. The average molecular weight is 538 g/mol. The molecule has 184 valence electrons. The fourth-order valence-electron chi connectivity index (χ4n) is 5.58. The van der Waals surface area contributed by atoms with E-state index in [1.165, 1.54) is 50.1 Å². The van der Waals surface area contributed by atoms with E-state index in [2.05, 4.69) is 149 Å². The van der Waals surface area contributed by atoms with Crippen LogP contribution in [0.3, 0.4) is 0 Å². The molecule has 0 fully saturated rings. The van der Waals surface area contributed by atoms with Gasteiger partial charge in [-0.3, -0.25) is 0 Å². The fourth-order valence-corrected chi connectivity index (χ4v) is 5.84. The predicted molar refractivity (Wildman–Crippen MR) is 157 cm³/mol. The van der Waals surface area contributed by atoms with Crippen LogP contribution in [-0.4, -0.2) is 0 Å². The molecule has 0 amide bonds. The highest BCUT2D eigenvalue weighted by atomic mass is 79.9. The first kappa shape index (κ1) is 25.0. The predicted octanol–water partition coefficient (Wildman–Crippen LogP) is 10.0. The molecular weight excluding hydrogens is 500 g/mol. The van der Waals surface area contributed by atoms with Crippen molar-refractivity contribution < 1.29 is 0 Å². The van der Waals surface area contributed by atoms with Crippen LogP contribution in [-0.2, 0) is 10.8 Å². The minimum absolute atomic E-state index is 0.0895. The molecule has 36 heavy (non-hydrogen) atoms. The maximum absolute atomic E-state index is 3.65. The highest BCUT2D eigenvalue weighted by Gasteiger charge is 2.35. The van der Waals surface area contributed by atoms with Gasteiger partial charge in [-0.25, -0.2) is 0 Å². The lowest BCUT2D eigenvalue weighted by atomic mass is 9.66. The molecule has 0 N–H and O–H groups in total. The van der Waals surface area contributed by atoms with Crippen molar-refractivity contribution in [2.45, 2.75) is 71.1 Å². The number of rotatable bonds is 2. The number of hydrogen-bond donors (Lipinski definition) is 0. The number of hydrogen-bond acceptors (Lipinski definition) is 0. The lowest BCUT2D eigenvalue weighted by molar-refractivity contribution is 0.585. The third kappa shape index (κ3) is 4.59. The molecule has 4 aromatic carbocycles. The van der Waals surface area contributed by atoms with Crippen LogP contribution in [0.5, 0.6) is 0 Å².